The minimum Gasteiger partial charge on any atom is -0.451 e. The number of amides is 1. The zero-order valence-electron chi connectivity index (χ0n) is 17.5. The van der Waals surface area contributed by atoms with Crippen LogP contribution in [0, 0.1) is 12.8 Å². The molecule has 1 aromatic carbocycles. The molecule has 0 spiro atoms. The number of nitrogens with zero attached hydrogens (tertiary/aromatic N) is 1. The number of benzene rings is 1. The number of hydrogen-bond acceptors (Lipinski definition) is 6. The number of hydrogen-bond donors (Lipinski definition) is 1. The Balaban J connectivity index is 1.63. The van der Waals surface area contributed by atoms with E-state index in [4.69, 9.17) is 4.74 Å². The Morgan fingerprint density at radius 3 is 2.70 bits per heavy atom. The molecule has 0 saturated carbocycles. The SMILES string of the molecule is Cc1ccc(S(=O)(=O)N(C)C)cc1NC(=O)COC(=O)c1cc2c(s1)CC[C@H](C)C2. The summed E-state index contributed by atoms with van der Waals surface area (Å²) in [5, 5.41) is 2.63. The molecule has 2 aromatic rings. The minimum absolute atomic E-state index is 0.0730. The van der Waals surface area contributed by atoms with Gasteiger partial charge in [0.1, 0.15) is 4.88 Å². The van der Waals surface area contributed by atoms with Crippen LogP contribution in [-0.2, 0) is 32.4 Å². The van der Waals surface area contributed by atoms with Gasteiger partial charge in [-0.05, 0) is 61.4 Å². The van der Waals surface area contributed by atoms with E-state index in [0.717, 1.165) is 23.6 Å². The summed E-state index contributed by atoms with van der Waals surface area (Å²) in [7, 11) is -0.741. The van der Waals surface area contributed by atoms with Crippen molar-refractivity contribution < 1.29 is 22.7 Å². The van der Waals surface area contributed by atoms with E-state index in [1.165, 1.54) is 48.0 Å². The van der Waals surface area contributed by atoms with Crippen LogP contribution in [0.5, 0.6) is 0 Å². The molecule has 30 heavy (non-hydrogen) atoms. The number of thiophene rings is 1. The fraction of sp³-hybridized carbons (Fsp3) is 0.429. The van der Waals surface area contributed by atoms with Crippen molar-refractivity contribution in [1.29, 1.82) is 0 Å². The molecule has 9 heteroatoms. The number of aryl methyl sites for hydroxylation is 2. The van der Waals surface area contributed by atoms with Gasteiger partial charge in [0.05, 0.1) is 4.90 Å². The first-order chi connectivity index (χ1) is 14.1. The molecule has 1 aliphatic carbocycles. The zero-order chi connectivity index (χ0) is 22.1. The number of fused-ring (bicyclic) bond motifs is 1. The normalized spacial score (nSPS) is 16.2. The second-order valence-electron chi connectivity index (χ2n) is 7.80. The maximum Gasteiger partial charge on any atom is 0.348 e. The highest BCUT2D eigenvalue weighted by atomic mass is 32.2. The smallest absolute Gasteiger partial charge is 0.348 e. The van der Waals surface area contributed by atoms with Gasteiger partial charge in [0.2, 0.25) is 10.0 Å². The number of sulfonamides is 1. The topological polar surface area (TPSA) is 92.8 Å². The Bertz CT molecular complexity index is 1070. The van der Waals surface area contributed by atoms with Crippen molar-refractivity contribution in [2.75, 3.05) is 26.0 Å². The van der Waals surface area contributed by atoms with Crippen molar-refractivity contribution in [3.8, 4) is 0 Å². The molecule has 0 aliphatic heterocycles. The third-order valence-corrected chi connectivity index (χ3v) is 8.15. The molecule has 1 N–H and O–H groups in total. The molecule has 0 saturated heterocycles. The maximum atomic E-state index is 12.4. The fourth-order valence-electron chi connectivity index (χ4n) is 3.30. The molecule has 0 bridgehead atoms. The second kappa shape index (κ2) is 8.87. The summed E-state index contributed by atoms with van der Waals surface area (Å²) in [6.07, 6.45) is 3.05. The molecule has 1 amide bonds. The lowest BCUT2D eigenvalue weighted by Gasteiger charge is -2.16. The van der Waals surface area contributed by atoms with Crippen molar-refractivity contribution in [1.82, 2.24) is 4.31 Å². The van der Waals surface area contributed by atoms with Gasteiger partial charge in [0.15, 0.2) is 6.61 Å². The standard InChI is InChI=1S/C21H26N2O5S2/c1-13-5-8-18-15(9-13)10-19(29-18)21(25)28-12-20(24)22-17-11-16(7-6-14(17)2)30(26,27)23(3)4/h6-7,10-11,13H,5,8-9,12H2,1-4H3,(H,22,24)/t13-/m0/s1. The van der Waals surface area contributed by atoms with E-state index in [1.54, 1.807) is 13.0 Å². The number of rotatable bonds is 6. The highest BCUT2D eigenvalue weighted by Crippen LogP contribution is 2.32. The highest BCUT2D eigenvalue weighted by Gasteiger charge is 2.22. The van der Waals surface area contributed by atoms with Crippen LogP contribution in [0.3, 0.4) is 0 Å². The van der Waals surface area contributed by atoms with Crippen LogP contribution in [0.4, 0.5) is 5.69 Å². The van der Waals surface area contributed by atoms with Crippen LogP contribution in [0.2, 0.25) is 0 Å². The largest absolute Gasteiger partial charge is 0.451 e. The Morgan fingerprint density at radius 1 is 1.27 bits per heavy atom. The molecule has 1 atom stereocenters. The summed E-state index contributed by atoms with van der Waals surface area (Å²) >= 11 is 1.43. The van der Waals surface area contributed by atoms with E-state index in [9.17, 15) is 18.0 Å². The predicted octanol–water partition coefficient (Wildman–Crippen LogP) is 3.23. The van der Waals surface area contributed by atoms with Gasteiger partial charge in [-0.2, -0.15) is 0 Å². The van der Waals surface area contributed by atoms with Crippen LogP contribution in [0.1, 0.15) is 39.0 Å². The Morgan fingerprint density at radius 2 is 2.00 bits per heavy atom. The lowest BCUT2D eigenvalue weighted by Crippen LogP contribution is -2.23. The van der Waals surface area contributed by atoms with Gasteiger partial charge in [-0.15, -0.1) is 11.3 Å². The lowest BCUT2D eigenvalue weighted by molar-refractivity contribution is -0.119. The average molecular weight is 451 g/mol. The number of anilines is 1. The molecule has 7 nitrogen and oxygen atoms in total. The van der Waals surface area contributed by atoms with Crippen LogP contribution in [0.25, 0.3) is 0 Å². The van der Waals surface area contributed by atoms with Crippen molar-refractivity contribution in [3.05, 3.63) is 45.1 Å². The molecule has 3 rings (SSSR count). The quantitative estimate of drug-likeness (QED) is 0.682. The predicted molar refractivity (Wildman–Crippen MR) is 116 cm³/mol. The van der Waals surface area contributed by atoms with Gasteiger partial charge in [0.25, 0.3) is 5.91 Å². The molecular weight excluding hydrogens is 424 g/mol. The number of ether oxygens (including phenoxy) is 1. The van der Waals surface area contributed by atoms with Crippen molar-refractivity contribution in [2.45, 2.75) is 38.0 Å². The van der Waals surface area contributed by atoms with Crippen molar-refractivity contribution >= 4 is 38.9 Å². The molecule has 1 heterocycles. The van der Waals surface area contributed by atoms with Crippen molar-refractivity contribution in [2.24, 2.45) is 5.92 Å². The highest BCUT2D eigenvalue weighted by molar-refractivity contribution is 7.89. The van der Waals surface area contributed by atoms with Crippen LogP contribution in [0.15, 0.2) is 29.2 Å². The summed E-state index contributed by atoms with van der Waals surface area (Å²) in [6.45, 7) is 3.51. The van der Waals surface area contributed by atoms with E-state index >= 15 is 0 Å². The van der Waals surface area contributed by atoms with Crippen molar-refractivity contribution in [3.63, 3.8) is 0 Å². The van der Waals surface area contributed by atoms with E-state index < -0.39 is 28.5 Å². The zero-order valence-corrected chi connectivity index (χ0v) is 19.2. The fourth-order valence-corrected chi connectivity index (χ4v) is 5.33. The van der Waals surface area contributed by atoms with Crippen LogP contribution >= 0.6 is 11.3 Å². The average Bonchev–Trinajstić information content (AvgIpc) is 3.10. The number of nitrogens with one attached hydrogen (secondary N) is 1. The molecule has 0 fully saturated rings. The molecular formula is C21H26N2O5S2. The number of esters is 1. The number of carbonyl (C=O) groups is 2. The number of carbonyl (C=O) groups excluding carboxylic acids is 2. The first-order valence-corrected chi connectivity index (χ1v) is 12.0. The Kier molecular flexibility index (Phi) is 6.64. The molecule has 0 unspecified atom stereocenters. The van der Waals surface area contributed by atoms with E-state index in [2.05, 4.69) is 12.2 Å². The third-order valence-electron chi connectivity index (χ3n) is 5.13. The van der Waals surface area contributed by atoms with Gasteiger partial charge in [-0.3, -0.25) is 4.79 Å². The molecule has 1 aliphatic rings. The minimum atomic E-state index is -3.62. The van der Waals surface area contributed by atoms with E-state index in [0.29, 0.717) is 22.0 Å². The second-order valence-corrected chi connectivity index (χ2v) is 11.1. The summed E-state index contributed by atoms with van der Waals surface area (Å²) in [4.78, 5) is 26.4. The first kappa shape index (κ1) is 22.5. The van der Waals surface area contributed by atoms with Gasteiger partial charge >= 0.3 is 5.97 Å². The summed E-state index contributed by atoms with van der Waals surface area (Å²) < 4.78 is 30.9. The molecule has 1 aromatic heterocycles. The van der Waals surface area contributed by atoms with Crippen LogP contribution in [-0.4, -0.2) is 45.3 Å². The summed E-state index contributed by atoms with van der Waals surface area (Å²) in [6, 6.07) is 6.38. The van der Waals surface area contributed by atoms with E-state index in [-0.39, 0.29) is 4.90 Å². The maximum absolute atomic E-state index is 12.4. The Hall–Kier alpha value is -2.23. The first-order valence-electron chi connectivity index (χ1n) is 9.69. The van der Waals surface area contributed by atoms with Gasteiger partial charge < -0.3 is 10.1 Å². The summed E-state index contributed by atoms with van der Waals surface area (Å²) in [5.74, 6) is -0.435. The van der Waals surface area contributed by atoms with Gasteiger partial charge in [0, 0.05) is 24.7 Å². The van der Waals surface area contributed by atoms with E-state index in [1.807, 2.05) is 6.07 Å². The van der Waals surface area contributed by atoms with Crippen LogP contribution < -0.4 is 5.32 Å². The molecule has 162 valence electrons. The molecule has 0 radical (unpaired) electrons. The Labute approximate surface area is 181 Å². The lowest BCUT2D eigenvalue weighted by atomic mass is 9.90. The summed E-state index contributed by atoms with van der Waals surface area (Å²) in [5.41, 5.74) is 2.26. The third kappa shape index (κ3) is 4.91. The monoisotopic (exact) mass is 450 g/mol. The van der Waals surface area contributed by atoms with Gasteiger partial charge in [-0.1, -0.05) is 13.0 Å². The van der Waals surface area contributed by atoms with Gasteiger partial charge in [-0.25, -0.2) is 17.5 Å².